The van der Waals surface area contributed by atoms with Crippen LogP contribution in [-0.2, 0) is 6.42 Å². The smallest absolute Gasteiger partial charge is 0.270 e. The molecule has 1 aromatic heterocycles. The van der Waals surface area contributed by atoms with Gasteiger partial charge in [0, 0.05) is 23.3 Å². The van der Waals surface area contributed by atoms with Crippen molar-refractivity contribution in [3.8, 4) is 0 Å². The van der Waals surface area contributed by atoms with E-state index in [1.54, 1.807) is 6.07 Å². The number of carbonyl (C=O) groups excluding carboxylic acids is 1. The number of carbonyl (C=O) groups is 1. The molecule has 0 saturated carbocycles. The van der Waals surface area contributed by atoms with E-state index >= 15 is 0 Å². The Kier molecular flexibility index (Phi) is 5.93. The van der Waals surface area contributed by atoms with E-state index in [4.69, 9.17) is 11.6 Å². The summed E-state index contributed by atoms with van der Waals surface area (Å²) in [5.74, 6) is 0.277. The van der Waals surface area contributed by atoms with Gasteiger partial charge in [0.2, 0.25) is 5.95 Å². The van der Waals surface area contributed by atoms with E-state index in [9.17, 15) is 4.79 Å². The number of halogens is 1. The molecule has 2 aromatic rings. The zero-order valence-electron chi connectivity index (χ0n) is 13.6. The van der Waals surface area contributed by atoms with Gasteiger partial charge in [0.25, 0.3) is 5.91 Å². The van der Waals surface area contributed by atoms with Crippen LogP contribution in [0.2, 0.25) is 5.02 Å². The lowest BCUT2D eigenvalue weighted by Crippen LogP contribution is -2.31. The van der Waals surface area contributed by atoms with Gasteiger partial charge in [-0.1, -0.05) is 23.7 Å². The highest BCUT2D eigenvalue weighted by Gasteiger charge is 2.11. The molecule has 0 aliphatic heterocycles. The fourth-order valence-electron chi connectivity index (χ4n) is 2.07. The molecular formula is C17H21ClN4O. The fourth-order valence-corrected chi connectivity index (χ4v) is 2.20. The second-order valence-electron chi connectivity index (χ2n) is 5.65. The summed E-state index contributed by atoms with van der Waals surface area (Å²) in [6.45, 7) is 6.35. The molecule has 5 nitrogen and oxygen atoms in total. The number of nitrogens with one attached hydrogen (secondary N) is 2. The fraction of sp³-hybridized carbons (Fsp3) is 0.353. The van der Waals surface area contributed by atoms with Crippen LogP contribution in [-0.4, -0.2) is 28.5 Å². The standard InChI is InChI=1S/C17H21ClN4O/c1-11(2)20-16(23)15-10-12(3)21-17(22-15)19-9-8-13-4-6-14(18)7-5-13/h4-7,10-11H,8-9H2,1-3H3,(H,20,23)(H,19,21,22). The van der Waals surface area contributed by atoms with Crippen LogP contribution in [0.1, 0.15) is 35.6 Å². The first-order valence-electron chi connectivity index (χ1n) is 7.59. The molecule has 2 N–H and O–H groups in total. The Morgan fingerprint density at radius 2 is 1.91 bits per heavy atom. The Hall–Kier alpha value is -2.14. The third kappa shape index (κ3) is 5.53. The third-order valence-electron chi connectivity index (χ3n) is 3.12. The van der Waals surface area contributed by atoms with Gasteiger partial charge in [0.1, 0.15) is 5.69 Å². The zero-order valence-corrected chi connectivity index (χ0v) is 14.3. The Morgan fingerprint density at radius 3 is 2.57 bits per heavy atom. The van der Waals surface area contributed by atoms with Crippen molar-refractivity contribution in [1.29, 1.82) is 0 Å². The molecule has 0 saturated heterocycles. The van der Waals surface area contributed by atoms with Crippen LogP contribution in [0.5, 0.6) is 0 Å². The molecule has 0 aliphatic rings. The number of nitrogens with zero attached hydrogens (tertiary/aromatic N) is 2. The van der Waals surface area contributed by atoms with Gasteiger partial charge in [-0.05, 0) is 51.0 Å². The summed E-state index contributed by atoms with van der Waals surface area (Å²) < 4.78 is 0. The molecule has 0 spiro atoms. The van der Waals surface area contributed by atoms with Crippen LogP contribution >= 0.6 is 11.6 Å². The number of amides is 1. The molecule has 6 heteroatoms. The molecule has 0 unspecified atom stereocenters. The van der Waals surface area contributed by atoms with Gasteiger partial charge in [0.05, 0.1) is 0 Å². The largest absolute Gasteiger partial charge is 0.354 e. The molecule has 1 amide bonds. The predicted octanol–water partition coefficient (Wildman–Crippen LogP) is 3.23. The van der Waals surface area contributed by atoms with Crippen LogP contribution in [0.4, 0.5) is 5.95 Å². The van der Waals surface area contributed by atoms with Gasteiger partial charge in [-0.25, -0.2) is 9.97 Å². The minimum absolute atomic E-state index is 0.0686. The number of aromatic nitrogens is 2. The van der Waals surface area contributed by atoms with Crippen molar-refractivity contribution in [2.24, 2.45) is 0 Å². The normalized spacial score (nSPS) is 10.7. The van der Waals surface area contributed by atoms with Gasteiger partial charge >= 0.3 is 0 Å². The summed E-state index contributed by atoms with van der Waals surface area (Å²) >= 11 is 5.87. The minimum atomic E-state index is -0.189. The van der Waals surface area contributed by atoms with E-state index in [0.717, 1.165) is 17.1 Å². The molecule has 0 radical (unpaired) electrons. The average Bonchev–Trinajstić information content (AvgIpc) is 2.48. The van der Waals surface area contributed by atoms with Crippen molar-refractivity contribution in [2.75, 3.05) is 11.9 Å². The van der Waals surface area contributed by atoms with Crippen LogP contribution in [0.15, 0.2) is 30.3 Å². The summed E-state index contributed by atoms with van der Waals surface area (Å²) in [5, 5.41) is 6.72. The molecule has 0 fully saturated rings. The number of rotatable bonds is 6. The van der Waals surface area contributed by atoms with Gasteiger partial charge in [-0.3, -0.25) is 4.79 Å². The average molecular weight is 333 g/mol. The molecule has 1 aromatic carbocycles. The van der Waals surface area contributed by atoms with Crippen molar-refractivity contribution in [2.45, 2.75) is 33.2 Å². The quantitative estimate of drug-likeness (QED) is 0.852. The van der Waals surface area contributed by atoms with Crippen molar-refractivity contribution in [1.82, 2.24) is 15.3 Å². The van der Waals surface area contributed by atoms with Crippen molar-refractivity contribution in [3.05, 3.63) is 52.3 Å². The highest BCUT2D eigenvalue weighted by atomic mass is 35.5. The van der Waals surface area contributed by atoms with E-state index in [0.29, 0.717) is 18.2 Å². The number of hydrogen-bond donors (Lipinski definition) is 2. The molecular weight excluding hydrogens is 312 g/mol. The van der Waals surface area contributed by atoms with Crippen LogP contribution in [0.25, 0.3) is 0 Å². The second-order valence-corrected chi connectivity index (χ2v) is 6.09. The summed E-state index contributed by atoms with van der Waals surface area (Å²) in [5.41, 5.74) is 2.30. The summed E-state index contributed by atoms with van der Waals surface area (Å²) in [4.78, 5) is 20.6. The Bertz CT molecular complexity index is 671. The third-order valence-corrected chi connectivity index (χ3v) is 3.37. The van der Waals surface area contributed by atoms with Crippen molar-refractivity contribution in [3.63, 3.8) is 0 Å². The summed E-state index contributed by atoms with van der Waals surface area (Å²) in [7, 11) is 0. The van der Waals surface area contributed by atoms with Gasteiger partial charge in [-0.2, -0.15) is 0 Å². The van der Waals surface area contributed by atoms with E-state index < -0.39 is 0 Å². The number of aryl methyl sites for hydroxylation is 1. The lowest BCUT2D eigenvalue weighted by molar-refractivity contribution is 0.0938. The molecule has 1 heterocycles. The second kappa shape index (κ2) is 7.92. The van der Waals surface area contributed by atoms with E-state index in [1.165, 1.54) is 5.56 Å². The SMILES string of the molecule is Cc1cc(C(=O)NC(C)C)nc(NCCc2ccc(Cl)cc2)n1. The zero-order chi connectivity index (χ0) is 16.8. The molecule has 122 valence electrons. The molecule has 2 rings (SSSR count). The van der Waals surface area contributed by atoms with E-state index in [2.05, 4.69) is 20.6 Å². The van der Waals surface area contributed by atoms with Crippen LogP contribution in [0, 0.1) is 6.92 Å². The maximum Gasteiger partial charge on any atom is 0.270 e. The maximum atomic E-state index is 12.0. The van der Waals surface area contributed by atoms with Crippen molar-refractivity contribution >= 4 is 23.5 Å². The van der Waals surface area contributed by atoms with Crippen LogP contribution in [0.3, 0.4) is 0 Å². The van der Waals surface area contributed by atoms with Crippen molar-refractivity contribution < 1.29 is 4.79 Å². The Morgan fingerprint density at radius 1 is 1.22 bits per heavy atom. The number of hydrogen-bond acceptors (Lipinski definition) is 4. The Labute approximate surface area is 141 Å². The number of benzene rings is 1. The van der Waals surface area contributed by atoms with Gasteiger partial charge in [0.15, 0.2) is 0 Å². The molecule has 0 bridgehead atoms. The first kappa shape index (κ1) is 17.2. The van der Waals surface area contributed by atoms with E-state index in [-0.39, 0.29) is 11.9 Å². The summed E-state index contributed by atoms with van der Waals surface area (Å²) in [6, 6.07) is 9.47. The van der Waals surface area contributed by atoms with E-state index in [1.807, 2.05) is 45.0 Å². The highest BCUT2D eigenvalue weighted by molar-refractivity contribution is 6.30. The maximum absolute atomic E-state index is 12.0. The number of anilines is 1. The van der Waals surface area contributed by atoms with Gasteiger partial charge in [-0.15, -0.1) is 0 Å². The summed E-state index contributed by atoms with van der Waals surface area (Å²) in [6.07, 6.45) is 0.821. The first-order chi connectivity index (χ1) is 10.9. The topological polar surface area (TPSA) is 66.9 Å². The monoisotopic (exact) mass is 332 g/mol. The molecule has 0 aliphatic carbocycles. The van der Waals surface area contributed by atoms with Crippen LogP contribution < -0.4 is 10.6 Å². The predicted molar refractivity (Wildman–Crippen MR) is 93.0 cm³/mol. The molecule has 0 atom stereocenters. The highest BCUT2D eigenvalue weighted by Crippen LogP contribution is 2.10. The lowest BCUT2D eigenvalue weighted by Gasteiger charge is -2.10. The lowest BCUT2D eigenvalue weighted by atomic mass is 10.1. The minimum Gasteiger partial charge on any atom is -0.354 e. The Balaban J connectivity index is 1.98. The van der Waals surface area contributed by atoms with Gasteiger partial charge < -0.3 is 10.6 Å². The first-order valence-corrected chi connectivity index (χ1v) is 7.96. The molecule has 23 heavy (non-hydrogen) atoms.